The minimum absolute atomic E-state index is 0.371. The van der Waals surface area contributed by atoms with Crippen molar-refractivity contribution in [2.45, 2.75) is 13.0 Å². The fraction of sp³-hybridized carbons (Fsp3) is 0.417. The normalized spacial score (nSPS) is 19.3. The first-order valence-electron chi connectivity index (χ1n) is 5.65. The second-order valence-corrected chi connectivity index (χ2v) is 4.15. The van der Waals surface area contributed by atoms with E-state index in [1.165, 1.54) is 0 Å². The van der Waals surface area contributed by atoms with Gasteiger partial charge in [-0.3, -0.25) is 4.79 Å². The Morgan fingerprint density at radius 1 is 1.67 bits per heavy atom. The zero-order valence-electron chi connectivity index (χ0n) is 10.1. The molecule has 0 aromatic carbocycles. The molecule has 0 saturated carbocycles. The van der Waals surface area contributed by atoms with Gasteiger partial charge in [0.05, 0.1) is 13.2 Å². The summed E-state index contributed by atoms with van der Waals surface area (Å²) in [6.07, 6.45) is -0.618. The number of hydrogen-bond donors (Lipinski definition) is 1. The third kappa shape index (κ3) is 2.41. The topological polar surface area (TPSA) is 92.2 Å². The molecule has 0 bridgehead atoms. The number of hydrogen-bond acceptors (Lipinski definition) is 5. The number of anilines is 1. The lowest BCUT2D eigenvalue weighted by Gasteiger charge is -2.32. The molecule has 1 aliphatic heterocycles. The van der Waals surface area contributed by atoms with Gasteiger partial charge in [-0.1, -0.05) is 6.07 Å². The summed E-state index contributed by atoms with van der Waals surface area (Å²) in [4.78, 5) is 17.3. The Kier molecular flexibility index (Phi) is 3.44. The van der Waals surface area contributed by atoms with Crippen molar-refractivity contribution in [1.29, 1.82) is 5.26 Å². The highest BCUT2D eigenvalue weighted by molar-refractivity contribution is 5.79. The second kappa shape index (κ2) is 5.02. The summed E-state index contributed by atoms with van der Waals surface area (Å²) >= 11 is 0. The van der Waals surface area contributed by atoms with Crippen LogP contribution in [0.4, 0.5) is 5.82 Å². The van der Waals surface area contributed by atoms with Crippen LogP contribution in [-0.4, -0.2) is 36.7 Å². The molecule has 1 atom stereocenters. The number of rotatable bonds is 2. The van der Waals surface area contributed by atoms with Crippen molar-refractivity contribution >= 4 is 11.7 Å². The predicted octanol–water partition coefficient (Wildman–Crippen LogP) is -0.0478. The Balaban J connectivity index is 2.21. The Bertz CT molecular complexity index is 509. The average Bonchev–Trinajstić information content (AvgIpc) is 2.39. The van der Waals surface area contributed by atoms with Crippen LogP contribution in [0.3, 0.4) is 0 Å². The van der Waals surface area contributed by atoms with E-state index in [-0.39, 0.29) is 0 Å². The largest absolute Gasteiger partial charge is 0.367 e. The van der Waals surface area contributed by atoms with Gasteiger partial charge in [0.2, 0.25) is 5.91 Å². The number of carbonyl (C=O) groups excluding carboxylic acids is 1. The molecule has 18 heavy (non-hydrogen) atoms. The summed E-state index contributed by atoms with van der Waals surface area (Å²) in [6, 6.07) is 5.72. The molecule has 1 fully saturated rings. The number of nitrogens with zero attached hydrogens (tertiary/aromatic N) is 3. The summed E-state index contributed by atoms with van der Waals surface area (Å²) in [5.74, 6) is 0.194. The van der Waals surface area contributed by atoms with E-state index < -0.39 is 12.0 Å². The first kappa shape index (κ1) is 12.3. The Labute approximate surface area is 105 Å². The maximum Gasteiger partial charge on any atom is 0.248 e. The number of aryl methyl sites for hydroxylation is 1. The smallest absolute Gasteiger partial charge is 0.248 e. The standard InChI is InChI=1S/C12H14N4O2/c1-8-2-3-11(15-9(8)6-13)16-4-5-18-10(7-16)12(14)17/h2-3,10H,4-5,7H2,1H3,(H2,14,17). The van der Waals surface area contributed by atoms with Crippen LogP contribution in [0.5, 0.6) is 0 Å². The Morgan fingerprint density at radius 2 is 2.44 bits per heavy atom. The van der Waals surface area contributed by atoms with Crippen LogP contribution in [0, 0.1) is 18.3 Å². The van der Waals surface area contributed by atoms with E-state index in [0.29, 0.717) is 31.2 Å². The number of nitriles is 1. The van der Waals surface area contributed by atoms with E-state index in [2.05, 4.69) is 4.98 Å². The lowest BCUT2D eigenvalue weighted by molar-refractivity contribution is -0.130. The summed E-state index contributed by atoms with van der Waals surface area (Å²) in [6.45, 7) is 3.26. The van der Waals surface area contributed by atoms with E-state index >= 15 is 0 Å². The van der Waals surface area contributed by atoms with Crippen molar-refractivity contribution in [3.05, 3.63) is 23.4 Å². The molecule has 2 rings (SSSR count). The summed E-state index contributed by atoms with van der Waals surface area (Å²) in [5.41, 5.74) is 6.46. The molecule has 94 valence electrons. The number of amides is 1. The molecule has 0 radical (unpaired) electrons. The zero-order chi connectivity index (χ0) is 13.1. The van der Waals surface area contributed by atoms with Gasteiger partial charge in [0.15, 0.2) is 6.10 Å². The van der Waals surface area contributed by atoms with Gasteiger partial charge in [0.25, 0.3) is 0 Å². The van der Waals surface area contributed by atoms with Crippen LogP contribution < -0.4 is 10.6 Å². The molecule has 6 heteroatoms. The van der Waals surface area contributed by atoms with E-state index in [4.69, 9.17) is 15.7 Å². The van der Waals surface area contributed by atoms with Gasteiger partial charge in [0, 0.05) is 6.54 Å². The van der Waals surface area contributed by atoms with Crippen LogP contribution in [0.2, 0.25) is 0 Å². The maximum atomic E-state index is 11.1. The van der Waals surface area contributed by atoms with Gasteiger partial charge >= 0.3 is 0 Å². The number of carbonyl (C=O) groups is 1. The fourth-order valence-electron chi connectivity index (χ4n) is 1.84. The number of morpholine rings is 1. The third-order valence-corrected chi connectivity index (χ3v) is 2.90. The molecule has 2 N–H and O–H groups in total. The predicted molar refractivity (Wildman–Crippen MR) is 64.8 cm³/mol. The maximum absolute atomic E-state index is 11.1. The van der Waals surface area contributed by atoms with Crippen molar-refractivity contribution in [3.63, 3.8) is 0 Å². The van der Waals surface area contributed by atoms with E-state index in [9.17, 15) is 4.79 Å². The second-order valence-electron chi connectivity index (χ2n) is 4.15. The molecule has 1 aliphatic rings. The fourth-order valence-corrected chi connectivity index (χ4v) is 1.84. The lowest BCUT2D eigenvalue weighted by atomic mass is 10.2. The summed E-state index contributed by atoms with van der Waals surface area (Å²) < 4.78 is 5.26. The molecule has 1 saturated heterocycles. The van der Waals surface area contributed by atoms with Gasteiger partial charge in [-0.15, -0.1) is 0 Å². The van der Waals surface area contributed by atoms with Crippen molar-refractivity contribution in [3.8, 4) is 6.07 Å². The number of nitrogens with two attached hydrogens (primary N) is 1. The lowest BCUT2D eigenvalue weighted by Crippen LogP contribution is -2.48. The van der Waals surface area contributed by atoms with E-state index in [1.54, 1.807) is 0 Å². The SMILES string of the molecule is Cc1ccc(N2CCOC(C(N)=O)C2)nc1C#N. The first-order valence-corrected chi connectivity index (χ1v) is 5.65. The molecule has 0 aliphatic carbocycles. The Hall–Kier alpha value is -2.13. The number of aromatic nitrogens is 1. The van der Waals surface area contributed by atoms with Gasteiger partial charge < -0.3 is 15.4 Å². The third-order valence-electron chi connectivity index (χ3n) is 2.90. The molecule has 2 heterocycles. The highest BCUT2D eigenvalue weighted by Gasteiger charge is 2.25. The average molecular weight is 246 g/mol. The quantitative estimate of drug-likeness (QED) is 0.790. The molecule has 1 aromatic heterocycles. The van der Waals surface area contributed by atoms with Crippen molar-refractivity contribution in [1.82, 2.24) is 4.98 Å². The molecule has 1 aromatic rings. The van der Waals surface area contributed by atoms with Crippen molar-refractivity contribution in [2.75, 3.05) is 24.6 Å². The zero-order valence-corrected chi connectivity index (χ0v) is 10.1. The van der Waals surface area contributed by atoms with Crippen LogP contribution >= 0.6 is 0 Å². The molecular formula is C12H14N4O2. The number of pyridine rings is 1. The van der Waals surface area contributed by atoms with E-state index in [1.807, 2.05) is 30.0 Å². The first-order chi connectivity index (χ1) is 8.61. The molecule has 6 nitrogen and oxygen atoms in total. The van der Waals surface area contributed by atoms with Gasteiger partial charge in [-0.25, -0.2) is 4.98 Å². The molecule has 1 amide bonds. The van der Waals surface area contributed by atoms with Gasteiger partial charge in [-0.2, -0.15) is 5.26 Å². The minimum Gasteiger partial charge on any atom is -0.367 e. The highest BCUT2D eigenvalue weighted by Crippen LogP contribution is 2.17. The molecule has 1 unspecified atom stereocenters. The number of ether oxygens (including phenoxy) is 1. The number of primary amides is 1. The molecule has 0 spiro atoms. The van der Waals surface area contributed by atoms with Gasteiger partial charge in [-0.05, 0) is 18.6 Å². The van der Waals surface area contributed by atoms with Crippen LogP contribution in [0.15, 0.2) is 12.1 Å². The summed E-state index contributed by atoms with van der Waals surface area (Å²) in [7, 11) is 0. The van der Waals surface area contributed by atoms with E-state index in [0.717, 1.165) is 5.56 Å². The Morgan fingerprint density at radius 3 is 3.11 bits per heavy atom. The monoisotopic (exact) mass is 246 g/mol. The van der Waals surface area contributed by atoms with Gasteiger partial charge in [0.1, 0.15) is 17.6 Å². The van der Waals surface area contributed by atoms with Crippen LogP contribution in [-0.2, 0) is 9.53 Å². The summed E-state index contributed by atoms with van der Waals surface area (Å²) in [5, 5.41) is 8.95. The van der Waals surface area contributed by atoms with Crippen LogP contribution in [0.1, 0.15) is 11.3 Å². The van der Waals surface area contributed by atoms with Crippen LogP contribution in [0.25, 0.3) is 0 Å². The minimum atomic E-state index is -0.618. The van der Waals surface area contributed by atoms with Crippen molar-refractivity contribution < 1.29 is 9.53 Å². The highest BCUT2D eigenvalue weighted by atomic mass is 16.5. The van der Waals surface area contributed by atoms with Crippen molar-refractivity contribution in [2.24, 2.45) is 5.73 Å². The molecular weight excluding hydrogens is 232 g/mol.